The normalized spacial score (nSPS) is 22.5. The van der Waals surface area contributed by atoms with Gasteiger partial charge in [-0.15, -0.1) is 0 Å². The SMILES string of the molecule is CCn1nc(CC(=O)C2COCC2N)c2ccccc21. The monoisotopic (exact) mass is 273 g/mol. The predicted molar refractivity (Wildman–Crippen MR) is 76.4 cm³/mol. The number of nitrogens with zero attached hydrogens (tertiary/aromatic N) is 2. The fourth-order valence-corrected chi connectivity index (χ4v) is 2.77. The van der Waals surface area contributed by atoms with Gasteiger partial charge in [-0.05, 0) is 13.0 Å². The standard InChI is InChI=1S/C15H19N3O2/c1-2-18-14-6-4-3-5-10(14)13(17-18)7-15(19)11-8-20-9-12(11)16/h3-6,11-12H,2,7-9,16H2,1H3. The fraction of sp³-hybridized carbons (Fsp3) is 0.467. The van der Waals surface area contributed by atoms with E-state index in [1.165, 1.54) is 0 Å². The van der Waals surface area contributed by atoms with Gasteiger partial charge in [-0.3, -0.25) is 9.48 Å². The van der Waals surface area contributed by atoms with E-state index in [1.54, 1.807) is 0 Å². The number of Topliss-reactive ketones (excluding diaryl/α,β-unsaturated/α-hetero) is 1. The lowest BCUT2D eigenvalue weighted by atomic mass is 9.95. The second-order valence-electron chi connectivity index (χ2n) is 5.23. The van der Waals surface area contributed by atoms with Gasteiger partial charge in [0.05, 0.1) is 36.8 Å². The second kappa shape index (κ2) is 5.34. The lowest BCUT2D eigenvalue weighted by Crippen LogP contribution is -2.35. The van der Waals surface area contributed by atoms with Gasteiger partial charge >= 0.3 is 0 Å². The van der Waals surface area contributed by atoms with Gasteiger partial charge in [-0.1, -0.05) is 18.2 Å². The van der Waals surface area contributed by atoms with Crippen molar-refractivity contribution in [2.75, 3.05) is 13.2 Å². The molecule has 1 aliphatic rings. The van der Waals surface area contributed by atoms with E-state index >= 15 is 0 Å². The summed E-state index contributed by atoms with van der Waals surface area (Å²) in [6.07, 6.45) is 0.329. The number of carbonyl (C=O) groups excluding carboxylic acids is 1. The van der Waals surface area contributed by atoms with Gasteiger partial charge in [0, 0.05) is 18.0 Å². The molecule has 1 saturated heterocycles. The molecule has 3 rings (SSSR count). The lowest BCUT2D eigenvalue weighted by molar-refractivity contribution is -0.122. The van der Waals surface area contributed by atoms with Gasteiger partial charge in [0.2, 0.25) is 0 Å². The Balaban J connectivity index is 1.89. The molecule has 1 aliphatic heterocycles. The number of rotatable bonds is 4. The molecule has 0 saturated carbocycles. The molecule has 1 aromatic heterocycles. The van der Waals surface area contributed by atoms with Crippen LogP contribution in [0.5, 0.6) is 0 Å². The highest BCUT2D eigenvalue weighted by molar-refractivity contribution is 5.90. The second-order valence-corrected chi connectivity index (χ2v) is 5.23. The zero-order valence-corrected chi connectivity index (χ0v) is 11.6. The molecular weight excluding hydrogens is 254 g/mol. The van der Waals surface area contributed by atoms with Crippen molar-refractivity contribution in [2.24, 2.45) is 11.7 Å². The number of carbonyl (C=O) groups is 1. The summed E-state index contributed by atoms with van der Waals surface area (Å²) < 4.78 is 7.20. The third-order valence-electron chi connectivity index (χ3n) is 3.91. The molecule has 0 bridgehead atoms. The Morgan fingerprint density at radius 2 is 2.25 bits per heavy atom. The van der Waals surface area contributed by atoms with Crippen molar-refractivity contribution in [2.45, 2.75) is 25.9 Å². The van der Waals surface area contributed by atoms with Crippen LogP contribution < -0.4 is 5.73 Å². The van der Waals surface area contributed by atoms with E-state index < -0.39 is 0 Å². The molecule has 106 valence electrons. The van der Waals surface area contributed by atoms with Crippen molar-refractivity contribution in [3.05, 3.63) is 30.0 Å². The summed E-state index contributed by atoms with van der Waals surface area (Å²) in [7, 11) is 0. The maximum absolute atomic E-state index is 12.4. The van der Waals surface area contributed by atoms with Gasteiger partial charge in [0.15, 0.2) is 0 Å². The van der Waals surface area contributed by atoms with E-state index in [4.69, 9.17) is 10.5 Å². The van der Waals surface area contributed by atoms with E-state index in [-0.39, 0.29) is 17.7 Å². The van der Waals surface area contributed by atoms with Crippen LogP contribution in [0.25, 0.3) is 10.9 Å². The third-order valence-corrected chi connectivity index (χ3v) is 3.91. The summed E-state index contributed by atoms with van der Waals surface area (Å²) in [4.78, 5) is 12.4. The number of hydrogen-bond acceptors (Lipinski definition) is 4. The number of hydrogen-bond donors (Lipinski definition) is 1. The van der Waals surface area contributed by atoms with Crippen molar-refractivity contribution in [3.8, 4) is 0 Å². The molecule has 5 nitrogen and oxygen atoms in total. The third kappa shape index (κ3) is 2.23. The highest BCUT2D eigenvalue weighted by Gasteiger charge is 2.31. The van der Waals surface area contributed by atoms with Gasteiger partial charge in [-0.25, -0.2) is 0 Å². The Labute approximate surface area is 117 Å². The van der Waals surface area contributed by atoms with Crippen LogP contribution in [0.2, 0.25) is 0 Å². The number of ketones is 1. The van der Waals surface area contributed by atoms with Crippen LogP contribution >= 0.6 is 0 Å². The summed E-state index contributed by atoms with van der Waals surface area (Å²) in [6, 6.07) is 7.83. The van der Waals surface area contributed by atoms with E-state index in [0.29, 0.717) is 19.6 Å². The Hall–Kier alpha value is -1.72. The van der Waals surface area contributed by atoms with E-state index in [0.717, 1.165) is 23.1 Å². The van der Waals surface area contributed by atoms with E-state index in [2.05, 4.69) is 5.10 Å². The van der Waals surface area contributed by atoms with Gasteiger partial charge in [-0.2, -0.15) is 5.10 Å². The molecule has 2 heterocycles. The van der Waals surface area contributed by atoms with Crippen molar-refractivity contribution in [1.82, 2.24) is 9.78 Å². The van der Waals surface area contributed by atoms with Crippen molar-refractivity contribution < 1.29 is 9.53 Å². The van der Waals surface area contributed by atoms with Crippen molar-refractivity contribution in [1.29, 1.82) is 0 Å². The number of para-hydroxylation sites is 1. The van der Waals surface area contributed by atoms with Crippen LogP contribution in [0, 0.1) is 5.92 Å². The molecule has 2 aromatic rings. The summed E-state index contributed by atoms with van der Waals surface area (Å²) >= 11 is 0. The highest BCUT2D eigenvalue weighted by atomic mass is 16.5. The predicted octanol–water partition coefficient (Wildman–Crippen LogP) is 1.14. The zero-order chi connectivity index (χ0) is 14.1. The fourth-order valence-electron chi connectivity index (χ4n) is 2.77. The van der Waals surface area contributed by atoms with Crippen LogP contribution in [0.15, 0.2) is 24.3 Å². The molecule has 2 unspecified atom stereocenters. The van der Waals surface area contributed by atoms with Crippen molar-refractivity contribution >= 4 is 16.7 Å². The summed E-state index contributed by atoms with van der Waals surface area (Å²) in [6.45, 7) is 3.75. The molecule has 0 aliphatic carbocycles. The minimum absolute atomic E-state index is 0.126. The molecule has 20 heavy (non-hydrogen) atoms. The summed E-state index contributed by atoms with van der Waals surface area (Å²) in [5, 5.41) is 5.61. The highest BCUT2D eigenvalue weighted by Crippen LogP contribution is 2.21. The molecule has 0 spiro atoms. The first-order valence-electron chi connectivity index (χ1n) is 7.01. The Bertz CT molecular complexity index is 635. The average Bonchev–Trinajstić information content (AvgIpc) is 3.03. The molecule has 0 amide bonds. The maximum atomic E-state index is 12.4. The van der Waals surface area contributed by atoms with E-state index in [1.807, 2.05) is 35.9 Å². The molecule has 5 heteroatoms. The number of fused-ring (bicyclic) bond motifs is 1. The van der Waals surface area contributed by atoms with Crippen LogP contribution in [0.3, 0.4) is 0 Å². The van der Waals surface area contributed by atoms with Crippen LogP contribution in [-0.4, -0.2) is 34.8 Å². The molecule has 1 fully saturated rings. The number of aryl methyl sites for hydroxylation is 1. The summed E-state index contributed by atoms with van der Waals surface area (Å²) in [5.74, 6) is -0.0676. The minimum Gasteiger partial charge on any atom is -0.379 e. The first kappa shape index (κ1) is 13.3. The maximum Gasteiger partial charge on any atom is 0.145 e. The average molecular weight is 273 g/mol. The van der Waals surface area contributed by atoms with Crippen LogP contribution in [0.4, 0.5) is 0 Å². The van der Waals surface area contributed by atoms with Crippen LogP contribution in [0.1, 0.15) is 12.6 Å². The molecule has 2 N–H and O–H groups in total. The summed E-state index contributed by atoms with van der Waals surface area (Å²) in [5.41, 5.74) is 7.82. The van der Waals surface area contributed by atoms with Gasteiger partial charge in [0.25, 0.3) is 0 Å². The Kier molecular flexibility index (Phi) is 3.54. The quantitative estimate of drug-likeness (QED) is 0.907. The van der Waals surface area contributed by atoms with E-state index in [9.17, 15) is 4.79 Å². The number of aromatic nitrogens is 2. The van der Waals surface area contributed by atoms with Crippen LogP contribution in [-0.2, 0) is 22.5 Å². The van der Waals surface area contributed by atoms with Crippen molar-refractivity contribution in [3.63, 3.8) is 0 Å². The molecule has 1 aromatic carbocycles. The number of ether oxygens (including phenoxy) is 1. The first-order valence-corrected chi connectivity index (χ1v) is 7.01. The zero-order valence-electron chi connectivity index (χ0n) is 11.6. The number of benzene rings is 1. The smallest absolute Gasteiger partial charge is 0.145 e. The molecular formula is C15H19N3O2. The first-order chi connectivity index (χ1) is 9.70. The molecule has 0 radical (unpaired) electrons. The van der Waals surface area contributed by atoms with Gasteiger partial charge < -0.3 is 10.5 Å². The topological polar surface area (TPSA) is 70.1 Å². The largest absolute Gasteiger partial charge is 0.379 e. The Morgan fingerprint density at radius 3 is 2.95 bits per heavy atom. The lowest BCUT2D eigenvalue weighted by Gasteiger charge is -2.10. The van der Waals surface area contributed by atoms with Gasteiger partial charge in [0.1, 0.15) is 5.78 Å². The number of nitrogens with two attached hydrogens (primary N) is 1. The molecule has 2 atom stereocenters. The minimum atomic E-state index is -0.194. The Morgan fingerprint density at radius 1 is 1.45 bits per heavy atom.